The lowest BCUT2D eigenvalue weighted by molar-refractivity contribution is 0.414. The van der Waals surface area contributed by atoms with E-state index in [0.717, 1.165) is 18.7 Å². The van der Waals surface area contributed by atoms with Crippen molar-refractivity contribution in [3.63, 3.8) is 0 Å². The fourth-order valence-corrected chi connectivity index (χ4v) is 2.23. The Morgan fingerprint density at radius 2 is 2.06 bits per heavy atom. The second-order valence-electron chi connectivity index (χ2n) is 4.43. The third-order valence-corrected chi connectivity index (χ3v) is 3.30. The van der Waals surface area contributed by atoms with Gasteiger partial charge in [-0.05, 0) is 30.5 Å². The van der Waals surface area contributed by atoms with Gasteiger partial charge in [-0.1, -0.05) is 18.6 Å². The Balaban J connectivity index is 1.84. The zero-order valence-electron chi connectivity index (χ0n) is 9.78. The van der Waals surface area contributed by atoms with Gasteiger partial charge in [-0.25, -0.2) is 0 Å². The lowest BCUT2D eigenvalue weighted by Gasteiger charge is -2.17. The number of hydrogen-bond donors (Lipinski definition) is 2. The number of rotatable bonds is 4. The van der Waals surface area contributed by atoms with Gasteiger partial charge in [-0.3, -0.25) is 0 Å². The molecule has 88 valence electrons. The highest BCUT2D eigenvalue weighted by Gasteiger charge is 2.22. The monoisotopic (exact) mass is 220 g/mol. The summed E-state index contributed by atoms with van der Waals surface area (Å²) in [7, 11) is 1.69. The molecule has 1 aliphatic carbocycles. The normalized spacial score (nSPS) is 24.6. The standard InChI is InChI=1S/C13H20N2O/c1-16-11-7-5-10(6-8-11)9-15-13-4-2-3-12(13)14/h5-8,12-13,15H,2-4,9,14H2,1H3. The maximum absolute atomic E-state index is 6.01. The zero-order valence-corrected chi connectivity index (χ0v) is 9.78. The van der Waals surface area contributed by atoms with E-state index in [1.807, 2.05) is 12.1 Å². The Bertz CT molecular complexity index is 323. The van der Waals surface area contributed by atoms with Crippen LogP contribution in [0.5, 0.6) is 5.75 Å². The highest BCUT2D eigenvalue weighted by atomic mass is 16.5. The van der Waals surface area contributed by atoms with E-state index in [4.69, 9.17) is 10.5 Å². The van der Waals surface area contributed by atoms with Crippen molar-refractivity contribution in [2.45, 2.75) is 37.9 Å². The van der Waals surface area contributed by atoms with Crippen molar-refractivity contribution >= 4 is 0 Å². The van der Waals surface area contributed by atoms with E-state index in [2.05, 4.69) is 17.4 Å². The van der Waals surface area contributed by atoms with Crippen LogP contribution in [-0.2, 0) is 6.54 Å². The molecule has 2 rings (SSSR count). The van der Waals surface area contributed by atoms with E-state index >= 15 is 0 Å². The van der Waals surface area contributed by atoms with Crippen molar-refractivity contribution in [1.82, 2.24) is 5.32 Å². The Labute approximate surface area is 97.0 Å². The average molecular weight is 220 g/mol. The van der Waals surface area contributed by atoms with Gasteiger partial charge in [0.15, 0.2) is 0 Å². The van der Waals surface area contributed by atoms with Gasteiger partial charge in [-0.15, -0.1) is 0 Å². The van der Waals surface area contributed by atoms with E-state index in [1.165, 1.54) is 18.4 Å². The summed E-state index contributed by atoms with van der Waals surface area (Å²) in [6, 6.07) is 8.98. The molecule has 16 heavy (non-hydrogen) atoms. The van der Waals surface area contributed by atoms with E-state index < -0.39 is 0 Å². The first kappa shape index (κ1) is 11.4. The van der Waals surface area contributed by atoms with Crippen molar-refractivity contribution in [3.05, 3.63) is 29.8 Å². The second kappa shape index (κ2) is 5.32. The van der Waals surface area contributed by atoms with E-state index in [-0.39, 0.29) is 0 Å². The number of nitrogens with two attached hydrogens (primary N) is 1. The molecule has 2 unspecified atom stereocenters. The molecule has 0 heterocycles. The van der Waals surface area contributed by atoms with Crippen LogP contribution < -0.4 is 15.8 Å². The van der Waals surface area contributed by atoms with E-state index in [1.54, 1.807) is 7.11 Å². The molecule has 1 saturated carbocycles. The number of nitrogens with one attached hydrogen (secondary N) is 1. The van der Waals surface area contributed by atoms with Crippen LogP contribution in [0.1, 0.15) is 24.8 Å². The second-order valence-corrected chi connectivity index (χ2v) is 4.43. The minimum Gasteiger partial charge on any atom is -0.497 e. The van der Waals surface area contributed by atoms with E-state index in [0.29, 0.717) is 12.1 Å². The Morgan fingerprint density at radius 3 is 2.62 bits per heavy atom. The molecule has 0 amide bonds. The van der Waals surface area contributed by atoms with Crippen LogP contribution >= 0.6 is 0 Å². The largest absolute Gasteiger partial charge is 0.497 e. The van der Waals surface area contributed by atoms with Gasteiger partial charge in [0.1, 0.15) is 5.75 Å². The van der Waals surface area contributed by atoms with Crippen LogP contribution in [0.15, 0.2) is 24.3 Å². The topological polar surface area (TPSA) is 47.3 Å². The minimum atomic E-state index is 0.332. The SMILES string of the molecule is COc1ccc(CNC2CCCC2N)cc1. The quantitative estimate of drug-likeness (QED) is 0.811. The summed E-state index contributed by atoms with van der Waals surface area (Å²) in [6.07, 6.45) is 3.61. The fraction of sp³-hybridized carbons (Fsp3) is 0.538. The van der Waals surface area contributed by atoms with Gasteiger partial charge in [0.2, 0.25) is 0 Å². The summed E-state index contributed by atoms with van der Waals surface area (Å²) in [5.74, 6) is 0.904. The average Bonchev–Trinajstić information content (AvgIpc) is 2.73. The molecule has 0 radical (unpaired) electrons. The lowest BCUT2D eigenvalue weighted by atomic mass is 10.1. The molecule has 0 spiro atoms. The third-order valence-electron chi connectivity index (χ3n) is 3.30. The molecule has 0 bridgehead atoms. The number of ether oxygens (including phenoxy) is 1. The van der Waals surface area contributed by atoms with Crippen molar-refractivity contribution in [2.24, 2.45) is 5.73 Å². The zero-order chi connectivity index (χ0) is 11.4. The molecule has 1 aromatic rings. The first-order chi connectivity index (χ1) is 7.79. The van der Waals surface area contributed by atoms with Crippen LogP contribution in [0, 0.1) is 0 Å². The maximum Gasteiger partial charge on any atom is 0.118 e. The van der Waals surface area contributed by atoms with Crippen molar-refractivity contribution < 1.29 is 4.74 Å². The van der Waals surface area contributed by atoms with Gasteiger partial charge in [0, 0.05) is 18.6 Å². The Hall–Kier alpha value is -1.06. The molecule has 1 fully saturated rings. The van der Waals surface area contributed by atoms with Crippen molar-refractivity contribution in [3.8, 4) is 5.75 Å². The molecule has 2 atom stereocenters. The van der Waals surface area contributed by atoms with Gasteiger partial charge >= 0.3 is 0 Å². The highest BCUT2D eigenvalue weighted by Crippen LogP contribution is 2.18. The molecule has 0 saturated heterocycles. The number of benzene rings is 1. The molecule has 3 nitrogen and oxygen atoms in total. The minimum absolute atomic E-state index is 0.332. The molecule has 1 aromatic carbocycles. The van der Waals surface area contributed by atoms with Crippen LogP contribution in [0.25, 0.3) is 0 Å². The maximum atomic E-state index is 6.01. The van der Waals surface area contributed by atoms with Gasteiger partial charge < -0.3 is 15.8 Å². The molecule has 0 aromatic heterocycles. The van der Waals surface area contributed by atoms with Crippen molar-refractivity contribution in [1.29, 1.82) is 0 Å². The summed E-state index contributed by atoms with van der Waals surface area (Å²) < 4.78 is 5.12. The highest BCUT2D eigenvalue weighted by molar-refractivity contribution is 5.27. The van der Waals surface area contributed by atoms with Crippen LogP contribution in [0.2, 0.25) is 0 Å². The fourth-order valence-electron chi connectivity index (χ4n) is 2.23. The van der Waals surface area contributed by atoms with Crippen LogP contribution in [0.4, 0.5) is 0 Å². The molecular weight excluding hydrogens is 200 g/mol. The van der Waals surface area contributed by atoms with Gasteiger partial charge in [0.05, 0.1) is 7.11 Å². The van der Waals surface area contributed by atoms with Gasteiger partial charge in [-0.2, -0.15) is 0 Å². The molecule has 0 aliphatic heterocycles. The lowest BCUT2D eigenvalue weighted by Crippen LogP contribution is -2.40. The molecule has 3 N–H and O–H groups in total. The van der Waals surface area contributed by atoms with Crippen LogP contribution in [-0.4, -0.2) is 19.2 Å². The Kier molecular flexibility index (Phi) is 3.80. The smallest absolute Gasteiger partial charge is 0.118 e. The summed E-state index contributed by atoms with van der Waals surface area (Å²) in [5.41, 5.74) is 7.28. The summed E-state index contributed by atoms with van der Waals surface area (Å²) >= 11 is 0. The van der Waals surface area contributed by atoms with Crippen molar-refractivity contribution in [2.75, 3.05) is 7.11 Å². The number of hydrogen-bond acceptors (Lipinski definition) is 3. The summed E-state index contributed by atoms with van der Waals surface area (Å²) in [6.45, 7) is 0.891. The molecule has 1 aliphatic rings. The first-order valence-electron chi connectivity index (χ1n) is 5.91. The summed E-state index contributed by atoms with van der Waals surface area (Å²) in [4.78, 5) is 0. The number of methoxy groups -OCH3 is 1. The third kappa shape index (κ3) is 2.74. The molecular formula is C13H20N2O. The Morgan fingerprint density at radius 1 is 1.31 bits per heavy atom. The van der Waals surface area contributed by atoms with Crippen LogP contribution in [0.3, 0.4) is 0 Å². The first-order valence-corrected chi connectivity index (χ1v) is 5.91. The summed E-state index contributed by atoms with van der Waals surface area (Å²) in [5, 5.41) is 3.52. The van der Waals surface area contributed by atoms with E-state index in [9.17, 15) is 0 Å². The molecule has 3 heteroatoms. The predicted octanol–water partition coefficient (Wildman–Crippen LogP) is 1.66. The predicted molar refractivity (Wildman–Crippen MR) is 65.4 cm³/mol. The van der Waals surface area contributed by atoms with Gasteiger partial charge in [0.25, 0.3) is 0 Å².